The second-order valence-electron chi connectivity index (χ2n) is 5.75. The van der Waals surface area contributed by atoms with Crippen molar-refractivity contribution in [2.45, 2.75) is 51.7 Å². The van der Waals surface area contributed by atoms with Crippen LogP contribution in [-0.4, -0.2) is 42.7 Å². The smallest absolute Gasteiger partial charge is 0.122 e. The fourth-order valence-electron chi connectivity index (χ4n) is 3.08. The van der Waals surface area contributed by atoms with E-state index in [1.165, 1.54) is 19.3 Å². The van der Waals surface area contributed by atoms with Crippen LogP contribution in [0, 0.1) is 6.92 Å². The maximum Gasteiger partial charge on any atom is 0.122 e. The van der Waals surface area contributed by atoms with Gasteiger partial charge in [-0.15, -0.1) is 0 Å². The molecule has 1 aliphatic rings. The Bertz CT molecular complexity index is 436. The summed E-state index contributed by atoms with van der Waals surface area (Å²) in [6.07, 6.45) is 3.89. The van der Waals surface area contributed by atoms with Crippen LogP contribution in [0.25, 0.3) is 0 Å². The lowest BCUT2D eigenvalue weighted by molar-refractivity contribution is 0.112. The largest absolute Gasteiger partial charge is 0.497 e. The van der Waals surface area contributed by atoms with Gasteiger partial charge in [-0.1, -0.05) is 6.42 Å². The Labute approximate surface area is 122 Å². The zero-order chi connectivity index (χ0) is 14.5. The molecule has 112 valence electrons. The summed E-state index contributed by atoms with van der Waals surface area (Å²) in [5.41, 5.74) is 2.13. The van der Waals surface area contributed by atoms with E-state index in [-0.39, 0.29) is 0 Å². The first-order valence-corrected chi connectivity index (χ1v) is 7.57. The lowest BCUT2D eigenvalue weighted by Gasteiger charge is -2.39. The third-order valence-corrected chi connectivity index (χ3v) is 4.28. The number of aromatic nitrogens is 1. The number of piperidine rings is 1. The lowest BCUT2D eigenvalue weighted by Crippen LogP contribution is -2.49. The normalized spacial score (nSPS) is 21.7. The van der Waals surface area contributed by atoms with Crippen molar-refractivity contribution in [3.05, 3.63) is 23.5 Å². The van der Waals surface area contributed by atoms with Crippen molar-refractivity contribution in [2.75, 3.05) is 20.7 Å². The third-order valence-electron chi connectivity index (χ3n) is 4.28. The maximum atomic E-state index is 5.35. The number of pyridine rings is 1. The summed E-state index contributed by atoms with van der Waals surface area (Å²) in [7, 11) is 3.76. The lowest BCUT2D eigenvalue weighted by atomic mass is 9.96. The minimum atomic E-state index is 0.516. The average Bonchev–Trinajstić information content (AvgIpc) is 2.46. The topological polar surface area (TPSA) is 37.4 Å². The van der Waals surface area contributed by atoms with E-state index in [1.54, 1.807) is 7.11 Å². The number of hydrogen-bond acceptors (Lipinski definition) is 4. The molecule has 1 aromatic heterocycles. The van der Waals surface area contributed by atoms with E-state index in [9.17, 15) is 0 Å². The Morgan fingerprint density at radius 2 is 2.25 bits per heavy atom. The number of ether oxygens (including phenoxy) is 1. The number of rotatable bonds is 5. The number of likely N-dealkylation sites (tertiary alicyclic amines) is 1. The third kappa shape index (κ3) is 3.70. The summed E-state index contributed by atoms with van der Waals surface area (Å²) in [4.78, 5) is 7.21. The molecular weight excluding hydrogens is 250 g/mol. The van der Waals surface area contributed by atoms with Crippen LogP contribution in [0.3, 0.4) is 0 Å². The molecule has 0 radical (unpaired) electrons. The molecule has 0 bridgehead atoms. The van der Waals surface area contributed by atoms with Crippen molar-refractivity contribution in [1.82, 2.24) is 15.2 Å². The molecule has 0 spiro atoms. The molecule has 1 saturated heterocycles. The molecule has 2 heterocycles. The van der Waals surface area contributed by atoms with E-state index in [4.69, 9.17) is 4.74 Å². The first-order valence-electron chi connectivity index (χ1n) is 7.57. The molecule has 4 heteroatoms. The minimum Gasteiger partial charge on any atom is -0.497 e. The van der Waals surface area contributed by atoms with Crippen LogP contribution in [-0.2, 0) is 6.54 Å². The monoisotopic (exact) mass is 277 g/mol. The van der Waals surface area contributed by atoms with E-state index in [1.807, 2.05) is 20.0 Å². The molecule has 20 heavy (non-hydrogen) atoms. The van der Waals surface area contributed by atoms with Gasteiger partial charge >= 0.3 is 0 Å². The van der Waals surface area contributed by atoms with Gasteiger partial charge in [-0.2, -0.15) is 0 Å². The number of methoxy groups -OCH3 is 1. The summed E-state index contributed by atoms with van der Waals surface area (Å²) in [6, 6.07) is 5.15. The van der Waals surface area contributed by atoms with Crippen LogP contribution in [0.5, 0.6) is 5.75 Å². The van der Waals surface area contributed by atoms with Gasteiger partial charge in [0.2, 0.25) is 0 Å². The molecule has 2 unspecified atom stereocenters. The van der Waals surface area contributed by atoms with E-state index < -0.39 is 0 Å². The van der Waals surface area contributed by atoms with Crippen molar-refractivity contribution in [3.8, 4) is 5.75 Å². The maximum absolute atomic E-state index is 5.35. The number of likely N-dealkylation sites (N-methyl/N-ethyl adjacent to an activating group) is 1. The van der Waals surface area contributed by atoms with Gasteiger partial charge in [-0.05, 0) is 40.3 Å². The second-order valence-corrected chi connectivity index (χ2v) is 5.75. The standard InChI is InChI=1S/C16H27N3O/c1-12-9-15(20-4)10-14(18-12)11-19-8-6-5-7-16(19)13(2)17-3/h9-10,13,16-17H,5-8,11H2,1-4H3. The number of hydrogen-bond donors (Lipinski definition) is 1. The molecule has 0 saturated carbocycles. The zero-order valence-electron chi connectivity index (χ0n) is 13.1. The van der Waals surface area contributed by atoms with Crippen LogP contribution in [0.4, 0.5) is 0 Å². The molecule has 2 rings (SSSR count). The van der Waals surface area contributed by atoms with Gasteiger partial charge in [0.1, 0.15) is 5.75 Å². The fraction of sp³-hybridized carbons (Fsp3) is 0.688. The van der Waals surface area contributed by atoms with Gasteiger partial charge < -0.3 is 10.1 Å². The Morgan fingerprint density at radius 3 is 2.95 bits per heavy atom. The van der Waals surface area contributed by atoms with E-state index >= 15 is 0 Å². The van der Waals surface area contributed by atoms with Crippen LogP contribution in [0.2, 0.25) is 0 Å². The molecule has 1 aliphatic heterocycles. The van der Waals surface area contributed by atoms with Gasteiger partial charge in [-0.3, -0.25) is 9.88 Å². The summed E-state index contributed by atoms with van der Waals surface area (Å²) >= 11 is 0. The van der Waals surface area contributed by atoms with Gasteiger partial charge in [-0.25, -0.2) is 0 Å². The Hall–Kier alpha value is -1.13. The Balaban J connectivity index is 2.12. The van der Waals surface area contributed by atoms with Crippen LogP contribution in [0.1, 0.15) is 37.6 Å². The predicted molar refractivity (Wildman–Crippen MR) is 82.1 cm³/mol. The second kappa shape index (κ2) is 7.04. The number of nitrogens with one attached hydrogen (secondary N) is 1. The summed E-state index contributed by atoms with van der Waals surface area (Å²) < 4.78 is 5.35. The molecule has 1 fully saturated rings. The zero-order valence-corrected chi connectivity index (χ0v) is 13.1. The van der Waals surface area contributed by atoms with Crippen LogP contribution in [0.15, 0.2) is 12.1 Å². The van der Waals surface area contributed by atoms with E-state index in [0.717, 1.165) is 30.2 Å². The quantitative estimate of drug-likeness (QED) is 0.896. The Morgan fingerprint density at radius 1 is 1.45 bits per heavy atom. The highest BCUT2D eigenvalue weighted by Gasteiger charge is 2.26. The summed E-state index contributed by atoms with van der Waals surface area (Å²) in [6.45, 7) is 6.37. The molecule has 0 aliphatic carbocycles. The summed E-state index contributed by atoms with van der Waals surface area (Å²) in [5, 5.41) is 3.40. The first kappa shape index (κ1) is 15.3. The van der Waals surface area contributed by atoms with Gasteiger partial charge in [0, 0.05) is 36.5 Å². The van der Waals surface area contributed by atoms with Crippen LogP contribution >= 0.6 is 0 Å². The van der Waals surface area contributed by atoms with Crippen molar-refractivity contribution < 1.29 is 4.74 Å². The van der Waals surface area contributed by atoms with Gasteiger partial charge in [0.15, 0.2) is 0 Å². The van der Waals surface area contributed by atoms with Gasteiger partial charge in [0.05, 0.1) is 12.8 Å². The number of nitrogens with zero attached hydrogens (tertiary/aromatic N) is 2. The minimum absolute atomic E-state index is 0.516. The fourth-order valence-corrected chi connectivity index (χ4v) is 3.08. The van der Waals surface area contributed by atoms with Gasteiger partial charge in [0.25, 0.3) is 0 Å². The van der Waals surface area contributed by atoms with Crippen LogP contribution < -0.4 is 10.1 Å². The average molecular weight is 277 g/mol. The highest BCUT2D eigenvalue weighted by atomic mass is 16.5. The molecule has 1 N–H and O–H groups in total. The molecule has 0 amide bonds. The van der Waals surface area contributed by atoms with Crippen molar-refractivity contribution in [1.29, 1.82) is 0 Å². The predicted octanol–water partition coefficient (Wildman–Crippen LogP) is 2.36. The highest BCUT2D eigenvalue weighted by molar-refractivity contribution is 5.26. The SMILES string of the molecule is CNC(C)C1CCCCN1Cc1cc(OC)cc(C)n1. The van der Waals surface area contributed by atoms with Crippen molar-refractivity contribution >= 4 is 0 Å². The Kier molecular flexibility index (Phi) is 5.38. The van der Waals surface area contributed by atoms with E-state index in [0.29, 0.717) is 12.1 Å². The first-order chi connectivity index (χ1) is 9.63. The molecule has 1 aromatic rings. The molecule has 4 nitrogen and oxygen atoms in total. The summed E-state index contributed by atoms with van der Waals surface area (Å²) in [5.74, 6) is 0.905. The molecular formula is C16H27N3O. The molecule has 2 atom stereocenters. The van der Waals surface area contributed by atoms with E-state index in [2.05, 4.69) is 28.2 Å². The molecule has 0 aromatic carbocycles. The number of aryl methyl sites for hydroxylation is 1. The van der Waals surface area contributed by atoms with Crippen molar-refractivity contribution in [2.24, 2.45) is 0 Å². The highest BCUT2D eigenvalue weighted by Crippen LogP contribution is 2.23. The van der Waals surface area contributed by atoms with Crippen molar-refractivity contribution in [3.63, 3.8) is 0 Å².